The highest BCUT2D eigenvalue weighted by Gasteiger charge is 2.46. The Bertz CT molecular complexity index is 3720. The molecule has 0 unspecified atom stereocenters. The van der Waals surface area contributed by atoms with E-state index < -0.39 is 5.41 Å². The summed E-state index contributed by atoms with van der Waals surface area (Å²) in [6.45, 7) is 0. The average Bonchev–Trinajstić information content (AvgIpc) is 3.94. The van der Waals surface area contributed by atoms with Crippen LogP contribution in [0.2, 0.25) is 0 Å². The summed E-state index contributed by atoms with van der Waals surface area (Å²) in [6.07, 6.45) is 13.2. The van der Waals surface area contributed by atoms with E-state index in [1.807, 2.05) is 53.4 Å². The van der Waals surface area contributed by atoms with Gasteiger partial charge in [-0.2, -0.15) is 0 Å². The minimum atomic E-state index is -0.704. The summed E-state index contributed by atoms with van der Waals surface area (Å²) in [5.41, 5.74) is 17.4. The first kappa shape index (κ1) is 33.6. The van der Waals surface area contributed by atoms with Crippen molar-refractivity contribution >= 4 is 51.2 Å². The molecule has 0 aliphatic heterocycles. The lowest BCUT2D eigenvalue weighted by molar-refractivity contribution is 0.669. The highest BCUT2D eigenvalue weighted by molar-refractivity contribution is 6.12. The number of rotatable bonds is 7. The van der Waals surface area contributed by atoms with Gasteiger partial charge in [-0.15, -0.1) is 0 Å². The van der Waals surface area contributed by atoms with Crippen molar-refractivity contribution in [2.45, 2.75) is 31.1 Å². The summed E-state index contributed by atoms with van der Waals surface area (Å²) in [4.78, 5) is 1.96. The van der Waals surface area contributed by atoms with Crippen LogP contribution in [0.4, 0.5) is 17.1 Å². The van der Waals surface area contributed by atoms with Gasteiger partial charge in [0.2, 0.25) is 0 Å². The van der Waals surface area contributed by atoms with Crippen LogP contribution >= 0.6 is 0 Å². The van der Waals surface area contributed by atoms with Gasteiger partial charge in [0.1, 0.15) is 11.2 Å². The van der Waals surface area contributed by atoms with Crippen LogP contribution < -0.4 is 4.90 Å². The van der Waals surface area contributed by atoms with Crippen molar-refractivity contribution in [3.63, 3.8) is 0 Å². The zero-order valence-corrected chi connectivity index (χ0v) is 35.7. The quantitative estimate of drug-likeness (QED) is 0.159. The molecule has 0 saturated carbocycles. The van der Waals surface area contributed by atoms with Gasteiger partial charge in [-0.05, 0) is 158 Å². The lowest BCUT2D eigenvalue weighted by Gasteiger charge is -2.35. The summed E-state index contributed by atoms with van der Waals surface area (Å²) >= 11 is 0. The lowest BCUT2D eigenvalue weighted by atomic mass is 9.67. The van der Waals surface area contributed by atoms with Crippen LogP contribution in [-0.4, -0.2) is 0 Å². The van der Waals surface area contributed by atoms with E-state index in [0.29, 0.717) is 16.7 Å². The van der Waals surface area contributed by atoms with Gasteiger partial charge in [-0.1, -0.05) is 170 Å². The maximum atomic E-state index is 10.1. The molecule has 65 heavy (non-hydrogen) atoms. The summed E-state index contributed by atoms with van der Waals surface area (Å²) in [6, 6.07) is 60.1. The molecule has 2 nitrogen and oxygen atoms in total. The van der Waals surface area contributed by atoms with E-state index in [2.05, 4.69) is 152 Å². The molecule has 0 fully saturated rings. The van der Waals surface area contributed by atoms with Crippen molar-refractivity contribution in [3.05, 3.63) is 257 Å². The van der Waals surface area contributed by atoms with Crippen molar-refractivity contribution in [3.8, 4) is 33.4 Å². The third-order valence-electron chi connectivity index (χ3n) is 14.0. The third kappa shape index (κ3) is 5.87. The Morgan fingerprint density at radius 2 is 1.12 bits per heavy atom. The summed E-state index contributed by atoms with van der Waals surface area (Å²) < 4.78 is 46.1. The molecule has 0 amide bonds. The Kier molecular flexibility index (Phi) is 7.81. The molecule has 9 aromatic carbocycles. The number of fused-ring (bicyclic) bond motifs is 9. The summed E-state index contributed by atoms with van der Waals surface area (Å²) in [5.74, 6) is 0. The van der Waals surface area contributed by atoms with E-state index in [1.165, 1.54) is 27.8 Å². The molecule has 0 N–H and O–H groups in total. The first-order chi connectivity index (χ1) is 33.9. The van der Waals surface area contributed by atoms with Crippen molar-refractivity contribution in [2.24, 2.45) is 0 Å². The molecule has 0 bridgehead atoms. The highest BCUT2D eigenvalue weighted by Crippen LogP contribution is 2.57. The first-order valence-electron chi connectivity index (χ1n) is 24.7. The molecular weight excluding hydrogens is 787 g/mol. The Balaban J connectivity index is 1.08. The fraction of sp³-hybridized carbons (Fsp3) is 0.0794. The highest BCUT2D eigenvalue weighted by atomic mass is 16.3. The van der Waals surface area contributed by atoms with Gasteiger partial charge < -0.3 is 9.32 Å². The number of furan rings is 1. The van der Waals surface area contributed by atoms with Crippen LogP contribution in [0.15, 0.2) is 217 Å². The monoisotopic (exact) mass is 835 g/mol. The standard InChI is InChI=1S/C63H45NO/c1-3-19-45(20-4-1)63(46-21-5-2-6-22-46)58-30-13-11-27-54(58)55-38-37-49(41-59(55)63)64(47-35-33-42(34-36-47)51-29-16-32-61-62(51)56-28-12-14-31-60(56)65-61)48-23-15-18-43(39-48)57-40-44-17-7-8-24-50(44)52-25-9-10-26-53(52)57/h1-7,10-23,26-41H,8-9,24-25H2/i33D,34D,35D,36D. The second-order valence-corrected chi connectivity index (χ2v) is 17.4. The van der Waals surface area contributed by atoms with E-state index in [-0.39, 0.29) is 35.4 Å². The molecule has 2 heteroatoms. The fourth-order valence-corrected chi connectivity index (χ4v) is 11.2. The number of hydrogen-bond donors (Lipinski definition) is 0. The number of allylic oxidation sites excluding steroid dienone is 2. The normalized spacial score (nSPS) is 15.1. The minimum absolute atomic E-state index is 0.123. The topological polar surface area (TPSA) is 16.4 Å². The Morgan fingerprint density at radius 3 is 1.95 bits per heavy atom. The molecule has 3 aliphatic carbocycles. The van der Waals surface area contributed by atoms with E-state index in [4.69, 9.17) is 4.42 Å². The molecule has 0 saturated heterocycles. The molecule has 10 aromatic rings. The molecule has 3 aliphatic rings. The molecule has 0 atom stereocenters. The van der Waals surface area contributed by atoms with Crippen molar-refractivity contribution in [1.82, 2.24) is 0 Å². The Morgan fingerprint density at radius 1 is 0.462 bits per heavy atom. The van der Waals surface area contributed by atoms with Gasteiger partial charge in [0.05, 0.1) is 10.9 Å². The SMILES string of the molecule is [2H]c1c([2H])c(N(c2cccc(-c3cc4c(c5c3C=CCC5)CCC=C4)c2)c2ccc3c(c2)C(c2ccccc2)(c2ccccc2)c2ccccc2-3)c([2H])c([2H])c1-c1cccc2oc3ccccc3c12. The van der Waals surface area contributed by atoms with Gasteiger partial charge in [0, 0.05) is 27.8 Å². The van der Waals surface area contributed by atoms with Crippen LogP contribution in [-0.2, 0) is 18.3 Å². The Hall–Kier alpha value is -7.94. The smallest absolute Gasteiger partial charge is 0.136 e. The number of hydrogen-bond acceptors (Lipinski definition) is 2. The van der Waals surface area contributed by atoms with Crippen molar-refractivity contribution in [2.75, 3.05) is 4.90 Å². The van der Waals surface area contributed by atoms with Crippen LogP contribution in [0, 0.1) is 0 Å². The third-order valence-corrected chi connectivity index (χ3v) is 14.0. The van der Waals surface area contributed by atoms with Gasteiger partial charge >= 0.3 is 0 Å². The zero-order valence-electron chi connectivity index (χ0n) is 39.7. The van der Waals surface area contributed by atoms with Gasteiger partial charge in [-0.3, -0.25) is 0 Å². The zero-order chi connectivity index (χ0) is 46.4. The molecule has 0 radical (unpaired) electrons. The number of nitrogens with zero attached hydrogens (tertiary/aromatic N) is 1. The molecule has 1 aromatic heterocycles. The summed E-state index contributed by atoms with van der Waals surface area (Å²) in [5, 5.41) is 1.62. The number of para-hydroxylation sites is 1. The molecule has 13 rings (SSSR count). The average molecular weight is 836 g/mol. The van der Waals surface area contributed by atoms with Gasteiger partial charge in [0.25, 0.3) is 0 Å². The van der Waals surface area contributed by atoms with Crippen molar-refractivity contribution < 1.29 is 9.90 Å². The lowest BCUT2D eigenvalue weighted by Crippen LogP contribution is -2.28. The van der Waals surface area contributed by atoms with Crippen molar-refractivity contribution in [1.29, 1.82) is 0 Å². The van der Waals surface area contributed by atoms with E-state index in [9.17, 15) is 5.48 Å². The van der Waals surface area contributed by atoms with Crippen LogP contribution in [0.5, 0.6) is 0 Å². The minimum Gasteiger partial charge on any atom is -0.456 e. The Labute approximate surface area is 385 Å². The van der Waals surface area contributed by atoms with Gasteiger partial charge in [0.15, 0.2) is 0 Å². The number of anilines is 3. The predicted molar refractivity (Wildman–Crippen MR) is 271 cm³/mol. The first-order valence-corrected chi connectivity index (χ1v) is 22.7. The van der Waals surface area contributed by atoms with E-state index in [1.54, 1.807) is 0 Å². The van der Waals surface area contributed by atoms with Crippen LogP contribution in [0.25, 0.3) is 67.5 Å². The maximum Gasteiger partial charge on any atom is 0.136 e. The van der Waals surface area contributed by atoms with Crippen LogP contribution in [0.3, 0.4) is 0 Å². The largest absolute Gasteiger partial charge is 0.456 e. The molecule has 308 valence electrons. The second kappa shape index (κ2) is 15.1. The summed E-state index contributed by atoms with van der Waals surface area (Å²) in [7, 11) is 0. The number of benzene rings is 9. The van der Waals surface area contributed by atoms with E-state index >= 15 is 0 Å². The predicted octanol–water partition coefficient (Wildman–Crippen LogP) is 16.7. The van der Waals surface area contributed by atoms with Crippen LogP contribution in [0.1, 0.15) is 62.8 Å². The molecule has 1 heterocycles. The molecular formula is C63H45NO. The fourth-order valence-electron chi connectivity index (χ4n) is 11.2. The maximum absolute atomic E-state index is 10.1. The second-order valence-electron chi connectivity index (χ2n) is 17.4. The molecule has 0 spiro atoms. The van der Waals surface area contributed by atoms with E-state index in [0.717, 1.165) is 86.8 Å². The van der Waals surface area contributed by atoms with Gasteiger partial charge in [-0.25, -0.2) is 0 Å².